The van der Waals surface area contributed by atoms with Crippen LogP contribution in [-0.2, 0) is 9.09 Å². The van der Waals surface area contributed by atoms with E-state index in [1.54, 1.807) is 16.7 Å². The second-order valence-electron chi connectivity index (χ2n) is 7.00. The van der Waals surface area contributed by atoms with Gasteiger partial charge in [0.25, 0.3) is 5.56 Å². The molecule has 0 radical (unpaired) electrons. The number of hydrogen-bond acceptors (Lipinski definition) is 8. The highest BCUT2D eigenvalue weighted by Gasteiger charge is 2.44. The Balaban J connectivity index is 1.43. The summed E-state index contributed by atoms with van der Waals surface area (Å²) >= 11 is 5.83. The van der Waals surface area contributed by atoms with Crippen molar-refractivity contribution in [3.8, 4) is 5.75 Å². The van der Waals surface area contributed by atoms with Gasteiger partial charge in [0.2, 0.25) is 5.95 Å². The molecule has 5 N–H and O–H groups in total. The van der Waals surface area contributed by atoms with Gasteiger partial charge in [-0.05, 0) is 30.5 Å². The molecule has 2 aromatic heterocycles. The van der Waals surface area contributed by atoms with Crippen molar-refractivity contribution >= 4 is 36.5 Å². The molecule has 1 fully saturated rings. The first-order valence-electron chi connectivity index (χ1n) is 9.03. The van der Waals surface area contributed by atoms with Gasteiger partial charge in [-0.15, -0.1) is 0 Å². The highest BCUT2D eigenvalue weighted by molar-refractivity contribution is 7.47. The Bertz CT molecular complexity index is 1180. The SMILES string of the molecule is Nc1nc2c(ncn2[C@@H]2C[C@H](COP(=O)(O)Oc3cccc(Cl)c3)[C@H]2CO)c(=O)[nH]1. The molecule has 4 rings (SSSR count). The van der Waals surface area contributed by atoms with Gasteiger partial charge in [0, 0.05) is 23.6 Å². The fourth-order valence-electron chi connectivity index (χ4n) is 3.62. The molecule has 4 atom stereocenters. The van der Waals surface area contributed by atoms with Crippen LogP contribution in [0.3, 0.4) is 0 Å². The minimum atomic E-state index is -4.37. The normalized spacial score (nSPS) is 23.1. The van der Waals surface area contributed by atoms with Crippen molar-refractivity contribution in [3.05, 3.63) is 46.0 Å². The maximum Gasteiger partial charge on any atom is 0.527 e. The third-order valence-electron chi connectivity index (χ3n) is 5.13. The van der Waals surface area contributed by atoms with E-state index in [1.165, 1.54) is 18.5 Å². The average Bonchev–Trinajstić information content (AvgIpc) is 3.04. The van der Waals surface area contributed by atoms with Crippen LogP contribution in [0.1, 0.15) is 12.5 Å². The first-order chi connectivity index (χ1) is 14.3. The molecule has 0 aliphatic heterocycles. The number of aromatic amines is 1. The highest BCUT2D eigenvalue weighted by atomic mass is 35.5. The van der Waals surface area contributed by atoms with E-state index in [1.807, 2.05) is 0 Å². The summed E-state index contributed by atoms with van der Waals surface area (Å²) in [6.45, 7) is -0.291. The van der Waals surface area contributed by atoms with Gasteiger partial charge in [-0.25, -0.2) is 9.55 Å². The zero-order chi connectivity index (χ0) is 21.5. The van der Waals surface area contributed by atoms with Crippen LogP contribution in [0.5, 0.6) is 5.75 Å². The first-order valence-corrected chi connectivity index (χ1v) is 10.9. The van der Waals surface area contributed by atoms with E-state index in [0.717, 1.165) is 0 Å². The Labute approximate surface area is 175 Å². The summed E-state index contributed by atoms with van der Waals surface area (Å²) in [6, 6.07) is 5.85. The number of anilines is 1. The lowest BCUT2D eigenvalue weighted by molar-refractivity contribution is -0.00487. The number of phosphoric ester groups is 1. The number of aliphatic hydroxyl groups is 1. The van der Waals surface area contributed by atoms with Gasteiger partial charge in [-0.3, -0.25) is 19.2 Å². The highest BCUT2D eigenvalue weighted by Crippen LogP contribution is 2.49. The molecule has 11 nitrogen and oxygen atoms in total. The number of nitrogen functional groups attached to an aromatic ring is 1. The minimum absolute atomic E-state index is 0.0339. The van der Waals surface area contributed by atoms with Crippen molar-refractivity contribution in [1.29, 1.82) is 0 Å². The summed E-state index contributed by atoms with van der Waals surface area (Å²) in [5.41, 5.74) is 5.63. The molecular formula is C17H19ClN5O6P. The molecule has 0 saturated heterocycles. The number of aromatic nitrogens is 4. The van der Waals surface area contributed by atoms with Crippen molar-refractivity contribution in [2.24, 2.45) is 11.8 Å². The standard InChI is InChI=1S/C17H19ClN5O6P/c18-10-2-1-3-11(5-10)29-30(26,27)28-7-9-4-13(12(9)6-24)23-8-20-14-15(23)21-17(19)22-16(14)25/h1-3,5,8-9,12-13,24H,4,6-7H2,(H,26,27)(H3,19,21,22,25)/t9-,12-,13-/m1/s1. The molecule has 3 aromatic rings. The van der Waals surface area contributed by atoms with E-state index in [0.29, 0.717) is 17.1 Å². The number of rotatable bonds is 7. The number of nitrogens with zero attached hydrogens (tertiary/aromatic N) is 3. The van der Waals surface area contributed by atoms with E-state index < -0.39 is 13.4 Å². The van der Waals surface area contributed by atoms with Gasteiger partial charge < -0.3 is 19.9 Å². The number of imidazole rings is 1. The van der Waals surface area contributed by atoms with Gasteiger partial charge >= 0.3 is 7.82 Å². The molecule has 1 aliphatic rings. The molecule has 1 aromatic carbocycles. The van der Waals surface area contributed by atoms with E-state index in [4.69, 9.17) is 26.4 Å². The zero-order valence-electron chi connectivity index (χ0n) is 15.5. The topological polar surface area (TPSA) is 166 Å². The molecule has 30 heavy (non-hydrogen) atoms. The molecule has 1 unspecified atom stereocenters. The number of aliphatic hydroxyl groups excluding tert-OH is 1. The lowest BCUT2D eigenvalue weighted by atomic mass is 9.70. The first kappa shape index (κ1) is 20.8. The van der Waals surface area contributed by atoms with Crippen molar-refractivity contribution in [2.75, 3.05) is 18.9 Å². The zero-order valence-corrected chi connectivity index (χ0v) is 17.2. The second kappa shape index (κ2) is 8.01. The fourth-order valence-corrected chi connectivity index (χ4v) is 4.61. The van der Waals surface area contributed by atoms with Crippen LogP contribution in [-0.4, -0.2) is 42.7 Å². The summed E-state index contributed by atoms with van der Waals surface area (Å²) in [7, 11) is -4.37. The van der Waals surface area contributed by atoms with Crippen LogP contribution in [0.4, 0.5) is 5.95 Å². The van der Waals surface area contributed by atoms with Crippen LogP contribution in [0.15, 0.2) is 35.4 Å². The molecule has 1 aliphatic carbocycles. The molecule has 2 heterocycles. The maximum absolute atomic E-state index is 12.2. The number of halogens is 1. The third kappa shape index (κ3) is 4.07. The summed E-state index contributed by atoms with van der Waals surface area (Å²) < 4.78 is 24.0. The quantitative estimate of drug-likeness (QED) is 0.388. The number of fused-ring (bicyclic) bond motifs is 1. The van der Waals surface area contributed by atoms with Crippen molar-refractivity contribution in [3.63, 3.8) is 0 Å². The number of nitrogens with two attached hydrogens (primary N) is 1. The number of benzene rings is 1. The monoisotopic (exact) mass is 455 g/mol. The van der Waals surface area contributed by atoms with Crippen LogP contribution < -0.4 is 15.8 Å². The summed E-state index contributed by atoms with van der Waals surface area (Å²) in [6.07, 6.45) is 1.98. The Morgan fingerprint density at radius 2 is 2.23 bits per heavy atom. The Morgan fingerprint density at radius 3 is 2.97 bits per heavy atom. The Morgan fingerprint density at radius 1 is 1.43 bits per heavy atom. The van der Waals surface area contributed by atoms with Crippen LogP contribution in [0, 0.1) is 11.8 Å². The van der Waals surface area contributed by atoms with E-state index in [9.17, 15) is 19.4 Å². The van der Waals surface area contributed by atoms with Gasteiger partial charge in [-0.1, -0.05) is 17.7 Å². The molecule has 13 heteroatoms. The predicted molar refractivity (Wildman–Crippen MR) is 108 cm³/mol. The summed E-state index contributed by atoms with van der Waals surface area (Å²) in [5, 5.41) is 10.2. The van der Waals surface area contributed by atoms with Crippen molar-refractivity contribution < 1.29 is 23.6 Å². The molecular weight excluding hydrogens is 437 g/mol. The lowest BCUT2D eigenvalue weighted by Gasteiger charge is -2.44. The number of nitrogens with one attached hydrogen (secondary N) is 1. The van der Waals surface area contributed by atoms with Crippen LogP contribution >= 0.6 is 19.4 Å². The predicted octanol–water partition coefficient (Wildman–Crippen LogP) is 1.72. The number of hydrogen-bond donors (Lipinski definition) is 4. The Hall–Kier alpha value is -2.43. The smallest absolute Gasteiger partial charge is 0.404 e. The van der Waals surface area contributed by atoms with Gasteiger partial charge in [-0.2, -0.15) is 4.98 Å². The van der Waals surface area contributed by atoms with Gasteiger partial charge in [0.1, 0.15) is 5.75 Å². The van der Waals surface area contributed by atoms with Gasteiger partial charge in [0.05, 0.1) is 12.9 Å². The molecule has 160 valence electrons. The largest absolute Gasteiger partial charge is 0.527 e. The van der Waals surface area contributed by atoms with Crippen molar-refractivity contribution in [1.82, 2.24) is 19.5 Å². The minimum Gasteiger partial charge on any atom is -0.404 e. The average molecular weight is 456 g/mol. The van der Waals surface area contributed by atoms with Crippen LogP contribution in [0.25, 0.3) is 11.2 Å². The number of phosphoric acid groups is 1. The third-order valence-corrected chi connectivity index (χ3v) is 6.28. The Kier molecular flexibility index (Phi) is 5.56. The van der Waals surface area contributed by atoms with E-state index >= 15 is 0 Å². The fraction of sp³-hybridized carbons (Fsp3) is 0.353. The summed E-state index contributed by atoms with van der Waals surface area (Å²) in [5.74, 6) is -0.429. The van der Waals surface area contributed by atoms with Crippen molar-refractivity contribution in [2.45, 2.75) is 12.5 Å². The molecule has 1 saturated carbocycles. The molecule has 0 bridgehead atoms. The lowest BCUT2D eigenvalue weighted by Crippen LogP contribution is -2.43. The molecule has 0 amide bonds. The van der Waals surface area contributed by atoms with Gasteiger partial charge in [0.15, 0.2) is 11.2 Å². The molecule has 0 spiro atoms. The number of H-pyrrole nitrogens is 1. The van der Waals surface area contributed by atoms with E-state index in [2.05, 4.69) is 15.0 Å². The van der Waals surface area contributed by atoms with E-state index in [-0.39, 0.29) is 48.3 Å². The maximum atomic E-state index is 12.2. The summed E-state index contributed by atoms with van der Waals surface area (Å²) in [4.78, 5) is 32.5. The van der Waals surface area contributed by atoms with Crippen LogP contribution in [0.2, 0.25) is 5.02 Å². The second-order valence-corrected chi connectivity index (χ2v) is 8.81.